The van der Waals surface area contributed by atoms with Gasteiger partial charge in [0.05, 0.1) is 6.54 Å². The Labute approximate surface area is 120 Å². The van der Waals surface area contributed by atoms with Gasteiger partial charge in [-0.1, -0.05) is 0 Å². The van der Waals surface area contributed by atoms with Crippen molar-refractivity contribution in [2.24, 2.45) is 0 Å². The molecule has 2 heterocycles. The third-order valence-corrected chi connectivity index (χ3v) is 5.61. The molecular weight excluding hydrogens is 278 g/mol. The maximum atomic E-state index is 12.6. The average molecular weight is 301 g/mol. The Morgan fingerprint density at radius 2 is 1.90 bits per heavy atom. The lowest BCUT2D eigenvalue weighted by Crippen LogP contribution is -2.56. The van der Waals surface area contributed by atoms with Crippen molar-refractivity contribution in [3.8, 4) is 0 Å². The summed E-state index contributed by atoms with van der Waals surface area (Å²) in [6, 6.07) is 3.63. The van der Waals surface area contributed by atoms with Crippen LogP contribution >= 0.6 is 0 Å². The molecule has 0 amide bonds. The van der Waals surface area contributed by atoms with Gasteiger partial charge in [0.1, 0.15) is 5.76 Å². The molecule has 1 aliphatic heterocycles. The maximum Gasteiger partial charge on any atom is 0.276 e. The zero-order chi connectivity index (χ0) is 14.9. The number of rotatable bonds is 4. The second kappa shape index (κ2) is 5.85. The summed E-state index contributed by atoms with van der Waals surface area (Å²) in [6.45, 7) is 5.57. The van der Waals surface area contributed by atoms with Crippen LogP contribution in [-0.4, -0.2) is 56.9 Å². The van der Waals surface area contributed by atoms with Crippen molar-refractivity contribution in [3.63, 3.8) is 0 Å². The van der Waals surface area contributed by atoms with Crippen molar-refractivity contribution < 1.29 is 12.8 Å². The predicted octanol–water partition coefficient (Wildman–Crippen LogP) is 0.712. The predicted molar refractivity (Wildman–Crippen MR) is 76.9 cm³/mol. The molecule has 0 saturated carbocycles. The molecular formula is C13H23N3O3S. The zero-order valence-electron chi connectivity index (χ0n) is 12.5. The molecule has 1 aliphatic rings. The summed E-state index contributed by atoms with van der Waals surface area (Å²) in [6.07, 6.45) is 0. The number of hydrogen-bond donors (Lipinski definition) is 1. The van der Waals surface area contributed by atoms with Crippen LogP contribution in [0.15, 0.2) is 21.6 Å². The fraction of sp³-hybridized carbons (Fsp3) is 0.692. The Bertz CT molecular complexity index is 543. The quantitative estimate of drug-likeness (QED) is 0.887. The average Bonchev–Trinajstić information content (AvgIpc) is 2.85. The highest BCUT2D eigenvalue weighted by Crippen LogP contribution is 2.23. The summed E-state index contributed by atoms with van der Waals surface area (Å²) in [4.78, 5) is 2.20. The summed E-state index contributed by atoms with van der Waals surface area (Å²) < 4.78 is 32.1. The van der Waals surface area contributed by atoms with Gasteiger partial charge in [0.15, 0.2) is 0 Å². The summed E-state index contributed by atoms with van der Waals surface area (Å²) in [5.74, 6) is 0.626. The molecule has 1 saturated heterocycles. The lowest BCUT2D eigenvalue weighted by molar-refractivity contribution is 0.104. The molecule has 2 atom stereocenters. The van der Waals surface area contributed by atoms with Crippen molar-refractivity contribution in [1.82, 2.24) is 14.5 Å². The molecule has 1 N–H and O–H groups in total. The second-order valence-corrected chi connectivity index (χ2v) is 7.31. The maximum absolute atomic E-state index is 12.6. The minimum Gasteiger partial charge on any atom is -0.447 e. The summed E-state index contributed by atoms with van der Waals surface area (Å²) >= 11 is 0. The van der Waals surface area contributed by atoms with Crippen LogP contribution < -0.4 is 5.32 Å². The van der Waals surface area contributed by atoms with Crippen LogP contribution in [0.25, 0.3) is 0 Å². The lowest BCUT2D eigenvalue weighted by Gasteiger charge is -2.41. The normalized spacial score (nSPS) is 26.0. The van der Waals surface area contributed by atoms with E-state index >= 15 is 0 Å². The van der Waals surface area contributed by atoms with Gasteiger partial charge >= 0.3 is 0 Å². The van der Waals surface area contributed by atoms with Gasteiger partial charge in [-0.25, -0.2) is 8.42 Å². The van der Waals surface area contributed by atoms with Crippen LogP contribution in [0.5, 0.6) is 0 Å². The van der Waals surface area contributed by atoms with Crippen LogP contribution in [0.1, 0.15) is 19.6 Å². The molecule has 2 unspecified atom stereocenters. The van der Waals surface area contributed by atoms with E-state index in [4.69, 9.17) is 4.42 Å². The molecule has 2 rings (SSSR count). The largest absolute Gasteiger partial charge is 0.447 e. The first-order valence-electron chi connectivity index (χ1n) is 6.81. The monoisotopic (exact) mass is 301 g/mol. The molecule has 0 aliphatic carbocycles. The van der Waals surface area contributed by atoms with E-state index in [0.29, 0.717) is 25.4 Å². The Balaban J connectivity index is 2.21. The third-order valence-electron chi connectivity index (χ3n) is 3.91. The molecule has 6 nitrogen and oxygen atoms in total. The number of likely N-dealkylation sites (N-methyl/N-ethyl adjacent to an activating group) is 1. The van der Waals surface area contributed by atoms with Gasteiger partial charge in [-0.15, -0.1) is 0 Å². The number of piperazine rings is 1. The standard InChI is InChI=1S/C13H23N3O3S/c1-10-8-16(9-11(2)15(10)4)20(17,18)13-6-5-12(19-13)7-14-3/h5-6,10-11,14H,7-9H2,1-4H3. The number of nitrogens with zero attached hydrogens (tertiary/aromatic N) is 2. The molecule has 114 valence electrons. The smallest absolute Gasteiger partial charge is 0.276 e. The van der Waals surface area contributed by atoms with Crippen LogP contribution in [-0.2, 0) is 16.6 Å². The highest BCUT2D eigenvalue weighted by atomic mass is 32.2. The van der Waals surface area contributed by atoms with E-state index in [1.54, 1.807) is 13.1 Å². The minimum atomic E-state index is -3.54. The van der Waals surface area contributed by atoms with Crippen LogP contribution in [0, 0.1) is 0 Å². The molecule has 0 spiro atoms. The van der Waals surface area contributed by atoms with E-state index in [9.17, 15) is 8.42 Å². The topological polar surface area (TPSA) is 65.8 Å². The number of furan rings is 1. The highest BCUT2D eigenvalue weighted by molar-refractivity contribution is 7.89. The number of nitrogens with one attached hydrogen (secondary N) is 1. The van der Waals surface area contributed by atoms with Gasteiger partial charge < -0.3 is 9.73 Å². The van der Waals surface area contributed by atoms with Gasteiger partial charge in [-0.2, -0.15) is 4.31 Å². The number of hydrogen-bond acceptors (Lipinski definition) is 5. The van der Waals surface area contributed by atoms with Crippen molar-refractivity contribution in [2.75, 3.05) is 27.2 Å². The van der Waals surface area contributed by atoms with Crippen molar-refractivity contribution in [1.29, 1.82) is 0 Å². The van der Waals surface area contributed by atoms with E-state index in [0.717, 1.165) is 0 Å². The van der Waals surface area contributed by atoms with Gasteiger partial charge in [-0.05, 0) is 40.1 Å². The van der Waals surface area contributed by atoms with Crippen molar-refractivity contribution in [2.45, 2.75) is 37.6 Å². The first-order valence-corrected chi connectivity index (χ1v) is 8.25. The molecule has 0 bridgehead atoms. The first-order chi connectivity index (χ1) is 9.36. The first kappa shape index (κ1) is 15.5. The van der Waals surface area contributed by atoms with Gasteiger partial charge in [-0.3, -0.25) is 4.90 Å². The summed E-state index contributed by atoms with van der Waals surface area (Å²) in [5, 5.41) is 2.97. The van der Waals surface area contributed by atoms with Gasteiger partial charge in [0.2, 0.25) is 5.09 Å². The fourth-order valence-corrected chi connectivity index (χ4v) is 3.98. The molecule has 20 heavy (non-hydrogen) atoms. The minimum absolute atomic E-state index is 0.0340. The molecule has 1 fully saturated rings. The number of sulfonamides is 1. The van der Waals surface area contributed by atoms with Crippen LogP contribution in [0.3, 0.4) is 0 Å². The molecule has 0 aromatic carbocycles. The Morgan fingerprint density at radius 1 is 1.30 bits per heavy atom. The molecule has 1 aromatic heterocycles. The Hall–Kier alpha value is -0.890. The molecule has 1 aromatic rings. The SMILES string of the molecule is CNCc1ccc(S(=O)(=O)N2CC(C)N(C)C(C)C2)o1. The summed E-state index contributed by atoms with van der Waals surface area (Å²) in [7, 11) is 0.281. The Morgan fingerprint density at radius 3 is 2.45 bits per heavy atom. The van der Waals surface area contributed by atoms with E-state index < -0.39 is 10.0 Å². The van der Waals surface area contributed by atoms with E-state index in [2.05, 4.69) is 10.2 Å². The van der Waals surface area contributed by atoms with E-state index in [1.165, 1.54) is 10.4 Å². The Kier molecular flexibility index (Phi) is 4.53. The van der Waals surface area contributed by atoms with Crippen molar-refractivity contribution in [3.05, 3.63) is 17.9 Å². The summed E-state index contributed by atoms with van der Waals surface area (Å²) in [5.41, 5.74) is 0. The van der Waals surface area contributed by atoms with E-state index in [1.807, 2.05) is 20.9 Å². The van der Waals surface area contributed by atoms with E-state index in [-0.39, 0.29) is 17.2 Å². The third kappa shape index (κ3) is 2.90. The van der Waals surface area contributed by atoms with Gasteiger partial charge in [0.25, 0.3) is 10.0 Å². The van der Waals surface area contributed by atoms with Crippen LogP contribution in [0.4, 0.5) is 0 Å². The fourth-order valence-electron chi connectivity index (χ4n) is 2.45. The molecule has 7 heteroatoms. The zero-order valence-corrected chi connectivity index (χ0v) is 13.3. The van der Waals surface area contributed by atoms with Crippen LogP contribution in [0.2, 0.25) is 0 Å². The second-order valence-electron chi connectivity index (χ2n) is 5.44. The van der Waals surface area contributed by atoms with Gasteiger partial charge in [0, 0.05) is 25.2 Å². The molecule has 0 radical (unpaired) electrons. The lowest BCUT2D eigenvalue weighted by atomic mass is 10.1. The van der Waals surface area contributed by atoms with Crippen molar-refractivity contribution >= 4 is 10.0 Å². The highest BCUT2D eigenvalue weighted by Gasteiger charge is 2.35.